The van der Waals surface area contributed by atoms with Crippen LogP contribution in [0.1, 0.15) is 25.0 Å². The summed E-state index contributed by atoms with van der Waals surface area (Å²) >= 11 is 0. The number of urea groups is 1. The highest BCUT2D eigenvalue weighted by Crippen LogP contribution is 2.30. The average molecular weight is 393 g/mol. The molecule has 1 saturated heterocycles. The third-order valence-electron chi connectivity index (χ3n) is 4.74. The second-order valence-electron chi connectivity index (χ2n) is 7.36. The molecular weight excluding hydrogens is 360 g/mol. The summed E-state index contributed by atoms with van der Waals surface area (Å²) in [5.41, 5.74) is 2.37. The number of piperazine rings is 1. The number of ether oxygens (including phenoxy) is 2. The average Bonchev–Trinajstić information content (AvgIpc) is 2.63. The fourth-order valence-corrected chi connectivity index (χ4v) is 3.21. The molecule has 0 radical (unpaired) electrons. The number of carbonyl (C=O) groups is 2. The molecule has 156 valence electrons. The predicted octanol–water partition coefficient (Wildman–Crippen LogP) is 1.36. The first kappa shape index (κ1) is 22.0. The van der Waals surface area contributed by atoms with Gasteiger partial charge >= 0.3 is 6.03 Å². The van der Waals surface area contributed by atoms with E-state index in [2.05, 4.69) is 27.4 Å². The summed E-state index contributed by atoms with van der Waals surface area (Å²) in [6.45, 7) is 10.1. The third kappa shape index (κ3) is 6.38. The van der Waals surface area contributed by atoms with Crippen LogP contribution >= 0.6 is 0 Å². The van der Waals surface area contributed by atoms with E-state index in [-0.39, 0.29) is 18.5 Å². The molecule has 0 aliphatic carbocycles. The van der Waals surface area contributed by atoms with Crippen LogP contribution in [0.5, 0.6) is 11.5 Å². The van der Waals surface area contributed by atoms with Gasteiger partial charge < -0.3 is 14.8 Å². The molecule has 28 heavy (non-hydrogen) atoms. The molecule has 0 bridgehead atoms. The Morgan fingerprint density at radius 3 is 2.18 bits per heavy atom. The largest absolute Gasteiger partial charge is 0.493 e. The van der Waals surface area contributed by atoms with Gasteiger partial charge in [-0.2, -0.15) is 0 Å². The monoisotopic (exact) mass is 392 g/mol. The fraction of sp³-hybridized carbons (Fsp3) is 0.600. The maximum absolute atomic E-state index is 12.0. The first-order valence-corrected chi connectivity index (χ1v) is 9.59. The summed E-state index contributed by atoms with van der Waals surface area (Å²) in [6, 6.07) is 3.58. The molecule has 1 fully saturated rings. The van der Waals surface area contributed by atoms with Crippen molar-refractivity contribution < 1.29 is 19.1 Å². The number of amides is 3. The second kappa shape index (κ2) is 10.3. The van der Waals surface area contributed by atoms with Crippen molar-refractivity contribution in [2.75, 3.05) is 46.9 Å². The fourth-order valence-electron chi connectivity index (χ4n) is 3.21. The Labute approximate surface area is 167 Å². The van der Waals surface area contributed by atoms with Gasteiger partial charge in [-0.1, -0.05) is 0 Å². The number of benzene rings is 1. The van der Waals surface area contributed by atoms with Crippen molar-refractivity contribution in [2.24, 2.45) is 0 Å². The van der Waals surface area contributed by atoms with Gasteiger partial charge in [-0.15, -0.1) is 0 Å². The van der Waals surface area contributed by atoms with Crippen LogP contribution in [0, 0.1) is 6.92 Å². The summed E-state index contributed by atoms with van der Waals surface area (Å²) in [4.78, 5) is 28.0. The molecule has 2 N–H and O–H groups in total. The molecule has 2 rings (SSSR count). The number of carbonyl (C=O) groups excluding carboxylic acids is 2. The Kier molecular flexibility index (Phi) is 8.07. The Bertz CT molecular complexity index is 685. The Morgan fingerprint density at radius 1 is 1.04 bits per heavy atom. The molecule has 0 unspecified atom stereocenters. The van der Waals surface area contributed by atoms with E-state index in [1.54, 1.807) is 14.2 Å². The molecule has 1 aromatic carbocycles. The molecule has 0 aromatic heterocycles. The van der Waals surface area contributed by atoms with Crippen LogP contribution in [0.4, 0.5) is 4.79 Å². The summed E-state index contributed by atoms with van der Waals surface area (Å²) < 4.78 is 10.8. The van der Waals surface area contributed by atoms with Crippen LogP contribution in [-0.2, 0) is 11.3 Å². The van der Waals surface area contributed by atoms with Crippen molar-refractivity contribution >= 4 is 11.9 Å². The standard InChI is InChI=1S/C20H32N4O4/c1-14(2)21-20(26)22-19(25)13-24-8-6-23(7-9-24)12-16-11-18(28-5)17(27-4)10-15(16)3/h10-11,14H,6-9,12-13H2,1-5H3,(H2,21,22,25,26). The van der Waals surface area contributed by atoms with Gasteiger partial charge in [0.05, 0.1) is 20.8 Å². The lowest BCUT2D eigenvalue weighted by Crippen LogP contribution is -2.51. The summed E-state index contributed by atoms with van der Waals surface area (Å²) in [6.07, 6.45) is 0. The lowest BCUT2D eigenvalue weighted by Gasteiger charge is -2.34. The number of nitrogens with one attached hydrogen (secondary N) is 2. The van der Waals surface area contributed by atoms with Crippen molar-refractivity contribution in [1.29, 1.82) is 0 Å². The first-order valence-electron chi connectivity index (χ1n) is 9.59. The quantitative estimate of drug-likeness (QED) is 0.729. The van der Waals surface area contributed by atoms with E-state index in [0.717, 1.165) is 49.8 Å². The van der Waals surface area contributed by atoms with Crippen LogP contribution < -0.4 is 20.1 Å². The zero-order valence-electron chi connectivity index (χ0n) is 17.5. The van der Waals surface area contributed by atoms with Gasteiger partial charge in [0.2, 0.25) is 5.91 Å². The summed E-state index contributed by atoms with van der Waals surface area (Å²) in [5.74, 6) is 1.20. The third-order valence-corrected chi connectivity index (χ3v) is 4.74. The highest BCUT2D eigenvalue weighted by atomic mass is 16.5. The van der Waals surface area contributed by atoms with E-state index in [9.17, 15) is 9.59 Å². The molecular formula is C20H32N4O4. The maximum Gasteiger partial charge on any atom is 0.321 e. The smallest absolute Gasteiger partial charge is 0.321 e. The lowest BCUT2D eigenvalue weighted by molar-refractivity contribution is -0.121. The molecule has 1 aromatic rings. The SMILES string of the molecule is COc1cc(C)c(CN2CCN(CC(=O)NC(=O)NC(C)C)CC2)cc1OC. The molecule has 1 heterocycles. The van der Waals surface area contributed by atoms with Crippen molar-refractivity contribution in [3.63, 3.8) is 0 Å². The Morgan fingerprint density at radius 2 is 1.61 bits per heavy atom. The lowest BCUT2D eigenvalue weighted by atomic mass is 10.1. The van der Waals surface area contributed by atoms with Gasteiger partial charge in [0.1, 0.15) is 0 Å². The van der Waals surface area contributed by atoms with Gasteiger partial charge in [-0.25, -0.2) is 4.79 Å². The molecule has 0 spiro atoms. The topological polar surface area (TPSA) is 83.1 Å². The van der Waals surface area contributed by atoms with E-state index in [1.807, 2.05) is 26.0 Å². The number of methoxy groups -OCH3 is 2. The Balaban J connectivity index is 1.82. The molecule has 1 aliphatic heterocycles. The molecule has 3 amide bonds. The minimum absolute atomic E-state index is 0.00335. The highest BCUT2D eigenvalue weighted by molar-refractivity contribution is 5.95. The van der Waals surface area contributed by atoms with Gasteiger partial charge in [-0.3, -0.25) is 19.9 Å². The van der Waals surface area contributed by atoms with Crippen LogP contribution in [0.15, 0.2) is 12.1 Å². The molecule has 0 atom stereocenters. The minimum Gasteiger partial charge on any atom is -0.493 e. The van der Waals surface area contributed by atoms with Crippen molar-refractivity contribution in [3.05, 3.63) is 23.3 Å². The van der Waals surface area contributed by atoms with E-state index < -0.39 is 6.03 Å². The molecule has 1 aliphatic rings. The van der Waals surface area contributed by atoms with E-state index in [4.69, 9.17) is 9.47 Å². The highest BCUT2D eigenvalue weighted by Gasteiger charge is 2.21. The minimum atomic E-state index is -0.442. The molecule has 0 saturated carbocycles. The normalized spacial score (nSPS) is 15.4. The number of rotatable bonds is 7. The van der Waals surface area contributed by atoms with Gasteiger partial charge in [-0.05, 0) is 44.0 Å². The zero-order chi connectivity index (χ0) is 20.7. The van der Waals surface area contributed by atoms with E-state index in [1.165, 1.54) is 5.56 Å². The Hall–Kier alpha value is -2.32. The predicted molar refractivity (Wildman–Crippen MR) is 108 cm³/mol. The van der Waals surface area contributed by atoms with E-state index >= 15 is 0 Å². The van der Waals surface area contributed by atoms with Crippen molar-refractivity contribution in [2.45, 2.75) is 33.4 Å². The first-order chi connectivity index (χ1) is 13.3. The number of hydrogen-bond acceptors (Lipinski definition) is 6. The number of nitrogens with zero attached hydrogens (tertiary/aromatic N) is 2. The molecule has 8 nitrogen and oxygen atoms in total. The number of aryl methyl sites for hydroxylation is 1. The van der Waals surface area contributed by atoms with Gasteiger partial charge in [0.25, 0.3) is 0 Å². The van der Waals surface area contributed by atoms with Crippen LogP contribution in [0.2, 0.25) is 0 Å². The molecule has 8 heteroatoms. The summed E-state index contributed by atoms with van der Waals surface area (Å²) in [7, 11) is 3.28. The second-order valence-corrected chi connectivity index (χ2v) is 7.36. The number of hydrogen-bond donors (Lipinski definition) is 2. The van der Waals surface area contributed by atoms with Crippen LogP contribution in [-0.4, -0.2) is 74.7 Å². The zero-order valence-corrected chi connectivity index (χ0v) is 17.5. The van der Waals surface area contributed by atoms with Crippen molar-refractivity contribution in [3.8, 4) is 11.5 Å². The van der Waals surface area contributed by atoms with E-state index in [0.29, 0.717) is 0 Å². The number of imide groups is 1. The van der Waals surface area contributed by atoms with Gasteiger partial charge in [0.15, 0.2) is 11.5 Å². The van der Waals surface area contributed by atoms with Crippen LogP contribution in [0.3, 0.4) is 0 Å². The van der Waals surface area contributed by atoms with Crippen LogP contribution in [0.25, 0.3) is 0 Å². The summed E-state index contributed by atoms with van der Waals surface area (Å²) in [5, 5.41) is 5.02. The van der Waals surface area contributed by atoms with Crippen molar-refractivity contribution in [1.82, 2.24) is 20.4 Å². The maximum atomic E-state index is 12.0. The van der Waals surface area contributed by atoms with Gasteiger partial charge in [0, 0.05) is 38.8 Å².